The molecule has 0 saturated heterocycles. The summed E-state index contributed by atoms with van der Waals surface area (Å²) in [7, 11) is 1.67. The second kappa shape index (κ2) is 6.63. The minimum Gasteiger partial charge on any atom is -0.505 e. The molecule has 0 saturated carbocycles. The Morgan fingerprint density at radius 3 is 2.64 bits per heavy atom. The van der Waals surface area contributed by atoms with E-state index in [0.29, 0.717) is 25.8 Å². The van der Waals surface area contributed by atoms with Crippen LogP contribution in [0.25, 0.3) is 22.7 Å². The summed E-state index contributed by atoms with van der Waals surface area (Å²) in [4.78, 5) is 13.3. The number of fused-ring (bicyclic) bond motifs is 1. The van der Waals surface area contributed by atoms with Crippen LogP contribution in [0.5, 0.6) is 5.75 Å². The van der Waals surface area contributed by atoms with Crippen LogP contribution in [0.2, 0.25) is 0 Å². The standard InChI is InChI=1S/C15H12F3IN4OS/c1-3-25-10-5-9(24)12(19)22-11(10)14-21-8-4-7(15(16,17)18)6-20-13(8)23(14)2/h4-6,24H,3H2,1-2H3. The maximum absolute atomic E-state index is 12.9. The highest BCUT2D eigenvalue weighted by atomic mass is 127. The van der Waals surface area contributed by atoms with E-state index in [2.05, 4.69) is 15.0 Å². The van der Waals surface area contributed by atoms with Crippen LogP contribution in [0.1, 0.15) is 12.5 Å². The van der Waals surface area contributed by atoms with Crippen LogP contribution < -0.4 is 0 Å². The van der Waals surface area contributed by atoms with Gasteiger partial charge in [0.2, 0.25) is 0 Å². The van der Waals surface area contributed by atoms with Crippen molar-refractivity contribution < 1.29 is 18.3 Å². The molecule has 5 nitrogen and oxygen atoms in total. The van der Waals surface area contributed by atoms with Gasteiger partial charge < -0.3 is 9.67 Å². The Morgan fingerprint density at radius 1 is 1.28 bits per heavy atom. The molecule has 0 amide bonds. The predicted molar refractivity (Wildman–Crippen MR) is 97.5 cm³/mol. The topological polar surface area (TPSA) is 63.8 Å². The molecular weight excluding hydrogens is 468 g/mol. The van der Waals surface area contributed by atoms with Gasteiger partial charge in [-0.15, -0.1) is 11.8 Å². The Balaban J connectivity index is 2.23. The summed E-state index contributed by atoms with van der Waals surface area (Å²) in [6, 6.07) is 2.57. The van der Waals surface area contributed by atoms with Gasteiger partial charge in [0, 0.05) is 18.1 Å². The van der Waals surface area contributed by atoms with E-state index in [9.17, 15) is 18.3 Å². The highest BCUT2D eigenvalue weighted by molar-refractivity contribution is 14.1. The van der Waals surface area contributed by atoms with E-state index < -0.39 is 11.7 Å². The van der Waals surface area contributed by atoms with Crippen LogP contribution in [0.15, 0.2) is 23.2 Å². The average Bonchev–Trinajstić information content (AvgIpc) is 2.86. The molecule has 0 radical (unpaired) electrons. The van der Waals surface area contributed by atoms with Crippen molar-refractivity contribution in [3.8, 4) is 17.3 Å². The van der Waals surface area contributed by atoms with Crippen LogP contribution in [0, 0.1) is 3.70 Å². The molecular formula is C15H12F3IN4OS. The number of thioether (sulfide) groups is 1. The van der Waals surface area contributed by atoms with Crippen LogP contribution >= 0.6 is 34.4 Å². The normalized spacial score (nSPS) is 12.1. The zero-order chi connectivity index (χ0) is 18.4. The van der Waals surface area contributed by atoms with Gasteiger partial charge in [-0.25, -0.2) is 15.0 Å². The molecule has 0 aliphatic carbocycles. The molecule has 25 heavy (non-hydrogen) atoms. The first kappa shape index (κ1) is 18.2. The van der Waals surface area contributed by atoms with Crippen molar-refractivity contribution in [2.45, 2.75) is 18.0 Å². The SMILES string of the molecule is CCSc1cc(O)c(I)nc1-c1nc2cc(C(F)(F)F)cnc2n1C. The Bertz CT molecular complexity index is 958. The fourth-order valence-corrected chi connectivity index (χ4v) is 3.51. The van der Waals surface area contributed by atoms with Crippen molar-refractivity contribution in [2.75, 3.05) is 5.75 Å². The summed E-state index contributed by atoms with van der Waals surface area (Å²) in [5, 5.41) is 9.89. The fraction of sp³-hybridized carbons (Fsp3) is 0.267. The van der Waals surface area contributed by atoms with Gasteiger partial charge in [0.05, 0.1) is 5.56 Å². The number of aromatic hydroxyl groups is 1. The number of halogens is 4. The van der Waals surface area contributed by atoms with Crippen LogP contribution in [-0.2, 0) is 13.2 Å². The molecule has 0 aromatic carbocycles. The van der Waals surface area contributed by atoms with Gasteiger partial charge >= 0.3 is 6.18 Å². The molecule has 0 aliphatic heterocycles. The van der Waals surface area contributed by atoms with Gasteiger partial charge in [0.25, 0.3) is 0 Å². The third-order valence-electron chi connectivity index (χ3n) is 3.47. The van der Waals surface area contributed by atoms with E-state index in [1.54, 1.807) is 17.7 Å². The number of imidazole rings is 1. The number of pyridine rings is 2. The summed E-state index contributed by atoms with van der Waals surface area (Å²) in [6.45, 7) is 1.95. The molecule has 10 heteroatoms. The molecule has 0 spiro atoms. The lowest BCUT2D eigenvalue weighted by atomic mass is 10.2. The number of rotatable bonds is 3. The molecule has 0 atom stereocenters. The van der Waals surface area contributed by atoms with Crippen molar-refractivity contribution in [1.82, 2.24) is 19.5 Å². The van der Waals surface area contributed by atoms with E-state index in [1.165, 1.54) is 11.8 Å². The summed E-state index contributed by atoms with van der Waals surface area (Å²) in [5.74, 6) is 1.20. The Morgan fingerprint density at radius 2 is 2.00 bits per heavy atom. The molecule has 3 aromatic rings. The van der Waals surface area contributed by atoms with Gasteiger partial charge in [-0.1, -0.05) is 6.92 Å². The third-order valence-corrected chi connectivity index (χ3v) is 5.18. The van der Waals surface area contributed by atoms with Crippen molar-refractivity contribution in [2.24, 2.45) is 7.05 Å². The zero-order valence-electron chi connectivity index (χ0n) is 13.1. The maximum atomic E-state index is 12.9. The highest BCUT2D eigenvalue weighted by Crippen LogP contribution is 2.36. The lowest BCUT2D eigenvalue weighted by Gasteiger charge is -2.09. The highest BCUT2D eigenvalue weighted by Gasteiger charge is 2.32. The first-order valence-corrected chi connectivity index (χ1v) is 9.21. The molecule has 0 unspecified atom stereocenters. The number of hydrogen-bond acceptors (Lipinski definition) is 5. The number of hydrogen-bond donors (Lipinski definition) is 1. The number of aromatic nitrogens is 4. The number of aryl methyl sites for hydroxylation is 1. The first-order valence-electron chi connectivity index (χ1n) is 7.14. The first-order chi connectivity index (χ1) is 11.7. The molecule has 3 rings (SSSR count). The fourth-order valence-electron chi connectivity index (χ4n) is 2.33. The van der Waals surface area contributed by atoms with E-state index in [4.69, 9.17) is 0 Å². The molecule has 3 heterocycles. The van der Waals surface area contributed by atoms with Crippen LogP contribution in [0.3, 0.4) is 0 Å². The second-order valence-electron chi connectivity index (χ2n) is 5.14. The average molecular weight is 480 g/mol. The lowest BCUT2D eigenvalue weighted by Crippen LogP contribution is -2.05. The third kappa shape index (κ3) is 3.41. The van der Waals surface area contributed by atoms with Crippen molar-refractivity contribution >= 4 is 45.5 Å². The van der Waals surface area contributed by atoms with Gasteiger partial charge in [0.1, 0.15) is 20.7 Å². The van der Waals surface area contributed by atoms with Gasteiger partial charge in [-0.3, -0.25) is 0 Å². The summed E-state index contributed by atoms with van der Waals surface area (Å²) in [6.07, 6.45) is -3.68. The number of nitrogens with zero attached hydrogens (tertiary/aromatic N) is 4. The minimum atomic E-state index is -4.48. The number of alkyl halides is 3. The lowest BCUT2D eigenvalue weighted by molar-refractivity contribution is -0.137. The molecule has 3 aromatic heterocycles. The van der Waals surface area contributed by atoms with Gasteiger partial charge in [0.15, 0.2) is 11.5 Å². The Hall–Kier alpha value is -1.56. The van der Waals surface area contributed by atoms with Crippen molar-refractivity contribution in [3.63, 3.8) is 0 Å². The van der Waals surface area contributed by atoms with Crippen molar-refractivity contribution in [1.29, 1.82) is 0 Å². The van der Waals surface area contributed by atoms with Gasteiger partial charge in [-0.2, -0.15) is 13.2 Å². The molecule has 132 valence electrons. The minimum absolute atomic E-state index is 0.0524. The second-order valence-corrected chi connectivity index (χ2v) is 7.46. The van der Waals surface area contributed by atoms with Gasteiger partial charge in [-0.05, 0) is 40.5 Å². The monoisotopic (exact) mass is 480 g/mol. The maximum Gasteiger partial charge on any atom is 0.417 e. The quantitative estimate of drug-likeness (QED) is 0.341. The Kier molecular flexibility index (Phi) is 4.84. The summed E-state index contributed by atoms with van der Waals surface area (Å²) >= 11 is 3.36. The zero-order valence-corrected chi connectivity index (χ0v) is 16.1. The largest absolute Gasteiger partial charge is 0.505 e. The van der Waals surface area contributed by atoms with Crippen LogP contribution in [-0.4, -0.2) is 30.4 Å². The van der Waals surface area contributed by atoms with Crippen LogP contribution in [0.4, 0.5) is 13.2 Å². The van der Waals surface area contributed by atoms with E-state index >= 15 is 0 Å². The summed E-state index contributed by atoms with van der Waals surface area (Å²) in [5.41, 5.74) is 0.133. The smallest absolute Gasteiger partial charge is 0.417 e. The summed E-state index contributed by atoms with van der Waals surface area (Å²) < 4.78 is 40.7. The van der Waals surface area contributed by atoms with E-state index in [0.717, 1.165) is 18.0 Å². The molecule has 0 aliphatic rings. The molecule has 0 bridgehead atoms. The molecule has 1 N–H and O–H groups in total. The van der Waals surface area contributed by atoms with E-state index in [-0.39, 0.29) is 11.3 Å². The van der Waals surface area contributed by atoms with E-state index in [1.807, 2.05) is 29.5 Å². The predicted octanol–water partition coefficient (Wildman–Crippen LogP) is 4.47. The van der Waals surface area contributed by atoms with Crippen molar-refractivity contribution in [3.05, 3.63) is 27.6 Å². The Labute approximate surface area is 158 Å². The molecule has 0 fully saturated rings.